The highest BCUT2D eigenvalue weighted by molar-refractivity contribution is 6.34. The van der Waals surface area contributed by atoms with E-state index >= 15 is 0 Å². The van der Waals surface area contributed by atoms with Crippen molar-refractivity contribution >= 4 is 23.1 Å². The monoisotopic (exact) mass is 377 g/mol. The van der Waals surface area contributed by atoms with Gasteiger partial charge in [-0.25, -0.2) is 0 Å². The summed E-state index contributed by atoms with van der Waals surface area (Å²) in [6, 6.07) is 10.6. The first-order valence-corrected chi connectivity index (χ1v) is 9.99. The van der Waals surface area contributed by atoms with Crippen molar-refractivity contribution in [2.24, 2.45) is 0 Å². The second kappa shape index (κ2) is 7.01. The molecule has 1 atom stereocenters. The Kier molecular flexibility index (Phi) is 4.69. The van der Waals surface area contributed by atoms with Crippen LogP contribution < -0.4 is 0 Å². The molecule has 1 aromatic carbocycles. The van der Waals surface area contributed by atoms with Crippen LogP contribution in [0.5, 0.6) is 0 Å². The Morgan fingerprint density at radius 2 is 1.96 bits per heavy atom. The Morgan fingerprint density at radius 3 is 2.70 bits per heavy atom. The molecule has 0 aromatic heterocycles. The highest BCUT2D eigenvalue weighted by atomic mass is 35.5. The molecule has 1 heterocycles. The van der Waals surface area contributed by atoms with Gasteiger partial charge in [-0.05, 0) is 67.0 Å². The van der Waals surface area contributed by atoms with Crippen molar-refractivity contribution < 1.29 is 4.79 Å². The number of likely N-dealkylation sites (N-methyl/N-ethyl adjacent to an activating group) is 1. The molecular weight excluding hydrogens is 354 g/mol. The van der Waals surface area contributed by atoms with E-state index in [4.69, 9.17) is 11.6 Å². The normalized spacial score (nSPS) is 25.1. The first-order valence-electron chi connectivity index (χ1n) is 9.61. The van der Waals surface area contributed by atoms with E-state index in [-0.39, 0.29) is 11.4 Å². The lowest BCUT2D eigenvalue weighted by molar-refractivity contribution is -0.130. The van der Waals surface area contributed by atoms with Gasteiger partial charge in [-0.15, -0.1) is 0 Å². The SMILES string of the molecule is CCN1C(=O)C=C(Cl)C2=CC(C3=C(c4ccccc4)CCC=C3)=CCC21C. The van der Waals surface area contributed by atoms with Crippen LogP contribution in [0.2, 0.25) is 0 Å². The van der Waals surface area contributed by atoms with Crippen LogP contribution in [0.4, 0.5) is 0 Å². The first-order chi connectivity index (χ1) is 13.0. The summed E-state index contributed by atoms with van der Waals surface area (Å²) >= 11 is 6.54. The lowest BCUT2D eigenvalue weighted by Gasteiger charge is -2.46. The summed E-state index contributed by atoms with van der Waals surface area (Å²) in [7, 11) is 0. The van der Waals surface area contributed by atoms with Crippen molar-refractivity contribution in [3.63, 3.8) is 0 Å². The third kappa shape index (κ3) is 3.02. The van der Waals surface area contributed by atoms with Crippen LogP contribution in [-0.4, -0.2) is 22.9 Å². The molecule has 1 unspecified atom stereocenters. The van der Waals surface area contributed by atoms with Crippen LogP contribution in [0.3, 0.4) is 0 Å². The molecule has 1 amide bonds. The molecule has 138 valence electrons. The number of fused-ring (bicyclic) bond motifs is 1. The topological polar surface area (TPSA) is 20.3 Å². The minimum absolute atomic E-state index is 0.000697. The van der Waals surface area contributed by atoms with Gasteiger partial charge in [0.05, 0.1) is 10.6 Å². The molecule has 3 heteroatoms. The van der Waals surface area contributed by atoms with E-state index in [1.165, 1.54) is 22.3 Å². The van der Waals surface area contributed by atoms with Crippen molar-refractivity contribution in [3.8, 4) is 0 Å². The van der Waals surface area contributed by atoms with Gasteiger partial charge < -0.3 is 4.90 Å². The molecule has 27 heavy (non-hydrogen) atoms. The van der Waals surface area contributed by atoms with E-state index in [0.717, 1.165) is 24.8 Å². The number of carbonyl (C=O) groups excluding carboxylic acids is 1. The number of rotatable bonds is 3. The summed E-state index contributed by atoms with van der Waals surface area (Å²) < 4.78 is 0. The van der Waals surface area contributed by atoms with Gasteiger partial charge in [0.2, 0.25) is 5.91 Å². The zero-order valence-electron chi connectivity index (χ0n) is 15.8. The van der Waals surface area contributed by atoms with Crippen molar-refractivity contribution in [2.45, 2.75) is 38.6 Å². The van der Waals surface area contributed by atoms with Crippen molar-refractivity contribution in [3.05, 3.63) is 88.0 Å². The number of halogens is 1. The maximum atomic E-state index is 12.4. The number of hydrogen-bond donors (Lipinski definition) is 0. The minimum atomic E-state index is -0.368. The molecule has 1 aromatic rings. The summed E-state index contributed by atoms with van der Waals surface area (Å²) in [6.07, 6.45) is 13.4. The van der Waals surface area contributed by atoms with Gasteiger partial charge in [-0.2, -0.15) is 0 Å². The van der Waals surface area contributed by atoms with Crippen LogP contribution in [0.25, 0.3) is 5.57 Å². The lowest BCUT2D eigenvalue weighted by Crippen LogP contribution is -2.53. The third-order valence-corrected chi connectivity index (χ3v) is 6.20. The molecule has 0 N–H and O–H groups in total. The molecule has 0 saturated carbocycles. The van der Waals surface area contributed by atoms with Gasteiger partial charge in [0.25, 0.3) is 0 Å². The highest BCUT2D eigenvalue weighted by Crippen LogP contribution is 2.44. The second-order valence-electron chi connectivity index (χ2n) is 7.47. The molecule has 0 saturated heterocycles. The molecule has 0 radical (unpaired) electrons. The van der Waals surface area contributed by atoms with Gasteiger partial charge in [0, 0.05) is 12.6 Å². The molecule has 4 rings (SSSR count). The number of carbonyl (C=O) groups is 1. The van der Waals surface area contributed by atoms with E-state index in [9.17, 15) is 4.79 Å². The van der Waals surface area contributed by atoms with Gasteiger partial charge in [-0.1, -0.05) is 60.2 Å². The molecule has 1 aliphatic heterocycles. The Bertz CT molecular complexity index is 932. The molecule has 0 bridgehead atoms. The smallest absolute Gasteiger partial charge is 0.248 e. The average Bonchev–Trinajstić information content (AvgIpc) is 2.68. The fraction of sp³-hybridized carbons (Fsp3) is 0.292. The highest BCUT2D eigenvalue weighted by Gasteiger charge is 2.43. The van der Waals surface area contributed by atoms with E-state index in [0.29, 0.717) is 11.6 Å². The largest absolute Gasteiger partial charge is 0.330 e. The molecular formula is C24H24ClNO. The quantitative estimate of drug-likeness (QED) is 0.652. The van der Waals surface area contributed by atoms with E-state index in [2.05, 4.69) is 61.6 Å². The standard InChI is InChI=1S/C24H24ClNO/c1-3-26-23(27)16-22(25)21-15-18(13-14-24(21,26)2)20-12-8-7-11-19(20)17-9-5-4-6-10-17/h4-6,8-10,12-13,15-16H,3,7,11,14H2,1-2H3. The molecule has 0 fully saturated rings. The molecule has 2 nitrogen and oxygen atoms in total. The molecule has 0 spiro atoms. The summed E-state index contributed by atoms with van der Waals surface area (Å²) in [5, 5.41) is 0.569. The fourth-order valence-electron chi connectivity index (χ4n) is 4.44. The van der Waals surface area contributed by atoms with Crippen molar-refractivity contribution in [1.82, 2.24) is 4.90 Å². The number of nitrogens with zero attached hydrogens (tertiary/aromatic N) is 1. The Labute approximate surface area is 166 Å². The van der Waals surface area contributed by atoms with Gasteiger partial charge in [-0.3, -0.25) is 4.79 Å². The fourth-order valence-corrected chi connectivity index (χ4v) is 4.80. The first kappa shape index (κ1) is 18.1. The number of allylic oxidation sites excluding steroid dienone is 6. The summed E-state index contributed by atoms with van der Waals surface area (Å²) in [6.45, 7) is 4.81. The van der Waals surface area contributed by atoms with E-state index in [1.807, 2.05) is 11.8 Å². The Balaban J connectivity index is 1.81. The Morgan fingerprint density at radius 1 is 1.19 bits per heavy atom. The predicted molar refractivity (Wildman–Crippen MR) is 112 cm³/mol. The minimum Gasteiger partial charge on any atom is -0.330 e. The molecule has 3 aliphatic rings. The summed E-state index contributed by atoms with van der Waals surface area (Å²) in [4.78, 5) is 14.3. The summed E-state index contributed by atoms with van der Waals surface area (Å²) in [5.41, 5.74) is 5.81. The van der Waals surface area contributed by atoms with Gasteiger partial charge in [0.15, 0.2) is 0 Å². The van der Waals surface area contributed by atoms with Crippen LogP contribution in [-0.2, 0) is 4.79 Å². The number of amides is 1. The van der Waals surface area contributed by atoms with Crippen molar-refractivity contribution in [2.75, 3.05) is 6.54 Å². The number of benzene rings is 1. The Hall–Kier alpha value is -2.32. The van der Waals surface area contributed by atoms with Crippen LogP contribution in [0, 0.1) is 0 Å². The lowest BCUT2D eigenvalue weighted by atomic mass is 9.76. The van der Waals surface area contributed by atoms with Crippen LogP contribution >= 0.6 is 11.6 Å². The van der Waals surface area contributed by atoms with Crippen molar-refractivity contribution in [1.29, 1.82) is 0 Å². The van der Waals surface area contributed by atoms with E-state index < -0.39 is 0 Å². The molecule has 2 aliphatic carbocycles. The van der Waals surface area contributed by atoms with Crippen LogP contribution in [0.1, 0.15) is 38.7 Å². The number of hydrogen-bond acceptors (Lipinski definition) is 1. The predicted octanol–water partition coefficient (Wildman–Crippen LogP) is 5.79. The van der Waals surface area contributed by atoms with Gasteiger partial charge >= 0.3 is 0 Å². The van der Waals surface area contributed by atoms with E-state index in [1.54, 1.807) is 6.08 Å². The maximum Gasteiger partial charge on any atom is 0.248 e. The zero-order chi connectivity index (χ0) is 19.0. The average molecular weight is 378 g/mol. The third-order valence-electron chi connectivity index (χ3n) is 5.89. The summed E-state index contributed by atoms with van der Waals surface area (Å²) in [5.74, 6) is 0.000697. The van der Waals surface area contributed by atoms with Crippen LogP contribution in [0.15, 0.2) is 82.5 Å². The zero-order valence-corrected chi connectivity index (χ0v) is 16.6. The second-order valence-corrected chi connectivity index (χ2v) is 7.88. The maximum absolute atomic E-state index is 12.4. The van der Waals surface area contributed by atoms with Gasteiger partial charge in [0.1, 0.15) is 0 Å².